The quantitative estimate of drug-likeness (QED) is 0.290. The Kier molecular flexibility index (Phi) is 10.9. The zero-order chi connectivity index (χ0) is 22.1. The van der Waals surface area contributed by atoms with E-state index in [0.29, 0.717) is 29.7 Å². The maximum Gasteiger partial charge on any atom is 0.203 e. The van der Waals surface area contributed by atoms with Crippen LogP contribution < -0.4 is 24.8 Å². The normalized spacial score (nSPS) is 18.3. The minimum absolute atomic E-state index is 0. The Morgan fingerprint density at radius 3 is 2.31 bits per heavy atom. The molecule has 2 N–H and O–H groups in total. The summed E-state index contributed by atoms with van der Waals surface area (Å²) in [6.07, 6.45) is 2.31. The van der Waals surface area contributed by atoms with Gasteiger partial charge in [0.05, 0.1) is 27.4 Å². The number of nitrogens with zero attached hydrogens (tertiary/aromatic N) is 1. The van der Waals surface area contributed by atoms with Gasteiger partial charge in [-0.05, 0) is 36.1 Å². The lowest BCUT2D eigenvalue weighted by atomic mass is 9.89. The first-order chi connectivity index (χ1) is 15.2. The first kappa shape index (κ1) is 26.1. The van der Waals surface area contributed by atoms with Crippen LogP contribution in [0.1, 0.15) is 30.1 Å². The highest BCUT2D eigenvalue weighted by Gasteiger charge is 2.27. The van der Waals surface area contributed by atoms with Crippen LogP contribution in [0, 0.1) is 5.92 Å². The third-order valence-electron chi connectivity index (χ3n) is 5.51. The van der Waals surface area contributed by atoms with E-state index in [4.69, 9.17) is 18.9 Å². The van der Waals surface area contributed by atoms with Crippen LogP contribution in [0.15, 0.2) is 47.5 Å². The predicted molar refractivity (Wildman–Crippen MR) is 138 cm³/mol. The van der Waals surface area contributed by atoms with Crippen molar-refractivity contribution < 1.29 is 18.9 Å². The minimum atomic E-state index is 0. The van der Waals surface area contributed by atoms with Crippen molar-refractivity contribution in [3.8, 4) is 17.2 Å². The van der Waals surface area contributed by atoms with Crippen molar-refractivity contribution in [2.24, 2.45) is 10.9 Å². The lowest BCUT2D eigenvalue weighted by Gasteiger charge is -2.32. The molecule has 0 amide bonds. The van der Waals surface area contributed by atoms with Gasteiger partial charge < -0.3 is 29.6 Å². The summed E-state index contributed by atoms with van der Waals surface area (Å²) in [5, 5.41) is 6.83. The molecule has 2 aromatic rings. The molecule has 0 radical (unpaired) electrons. The zero-order valence-electron chi connectivity index (χ0n) is 19.2. The number of aliphatic imine (C=N–C) groups is 1. The van der Waals surface area contributed by atoms with Crippen LogP contribution in [0.3, 0.4) is 0 Å². The van der Waals surface area contributed by atoms with Crippen molar-refractivity contribution in [2.45, 2.75) is 25.5 Å². The molecule has 2 unspecified atom stereocenters. The van der Waals surface area contributed by atoms with Crippen LogP contribution in [0.5, 0.6) is 17.2 Å². The largest absolute Gasteiger partial charge is 0.493 e. The average molecular weight is 555 g/mol. The fraction of sp³-hybridized carbons (Fsp3) is 0.458. The number of nitrogens with one attached hydrogen (secondary N) is 2. The van der Waals surface area contributed by atoms with Crippen LogP contribution in [0.4, 0.5) is 0 Å². The molecule has 32 heavy (non-hydrogen) atoms. The molecule has 176 valence electrons. The van der Waals surface area contributed by atoms with E-state index in [2.05, 4.69) is 39.9 Å². The van der Waals surface area contributed by atoms with E-state index in [0.717, 1.165) is 37.5 Å². The van der Waals surface area contributed by atoms with Crippen molar-refractivity contribution in [3.63, 3.8) is 0 Å². The zero-order valence-corrected chi connectivity index (χ0v) is 21.6. The number of rotatable bonds is 8. The van der Waals surface area contributed by atoms with Gasteiger partial charge in [-0.25, -0.2) is 0 Å². The van der Waals surface area contributed by atoms with Gasteiger partial charge in [-0.1, -0.05) is 30.3 Å². The van der Waals surface area contributed by atoms with Gasteiger partial charge in [0.2, 0.25) is 5.75 Å². The molecule has 7 nitrogen and oxygen atoms in total. The van der Waals surface area contributed by atoms with Gasteiger partial charge in [-0.2, -0.15) is 0 Å². The van der Waals surface area contributed by atoms with Gasteiger partial charge in [0.1, 0.15) is 0 Å². The highest BCUT2D eigenvalue weighted by Crippen LogP contribution is 2.38. The van der Waals surface area contributed by atoms with Gasteiger partial charge in [-0.3, -0.25) is 4.99 Å². The van der Waals surface area contributed by atoms with Crippen molar-refractivity contribution in [1.29, 1.82) is 0 Å². The van der Waals surface area contributed by atoms with Crippen LogP contribution in [0.25, 0.3) is 0 Å². The van der Waals surface area contributed by atoms with Crippen molar-refractivity contribution in [2.75, 3.05) is 41.5 Å². The Labute approximate surface area is 207 Å². The Morgan fingerprint density at radius 1 is 1.03 bits per heavy atom. The van der Waals surface area contributed by atoms with E-state index in [9.17, 15) is 0 Å². The van der Waals surface area contributed by atoms with E-state index in [1.165, 1.54) is 5.56 Å². The minimum Gasteiger partial charge on any atom is -0.493 e. The fourth-order valence-corrected chi connectivity index (χ4v) is 3.94. The molecule has 0 aliphatic carbocycles. The van der Waals surface area contributed by atoms with E-state index < -0.39 is 0 Å². The number of ether oxygens (including phenoxy) is 4. The summed E-state index contributed by atoms with van der Waals surface area (Å²) < 4.78 is 22.4. The Balaban J connectivity index is 0.00000363. The number of guanidine groups is 1. The second kappa shape index (κ2) is 13.4. The predicted octanol–water partition coefficient (Wildman–Crippen LogP) is 4.16. The van der Waals surface area contributed by atoms with Gasteiger partial charge in [0, 0.05) is 32.7 Å². The smallest absolute Gasteiger partial charge is 0.203 e. The Bertz CT molecular complexity index is 839. The van der Waals surface area contributed by atoms with E-state index in [-0.39, 0.29) is 30.1 Å². The summed E-state index contributed by atoms with van der Waals surface area (Å²) in [7, 11) is 6.60. The highest BCUT2D eigenvalue weighted by atomic mass is 127. The third-order valence-corrected chi connectivity index (χ3v) is 5.51. The molecule has 0 saturated carbocycles. The summed E-state index contributed by atoms with van der Waals surface area (Å²) >= 11 is 0. The molecule has 2 aromatic carbocycles. The molecular formula is C24H34IN3O4. The number of hydrogen-bond donors (Lipinski definition) is 2. The molecule has 1 aliphatic heterocycles. The number of hydrogen-bond acceptors (Lipinski definition) is 5. The molecule has 1 heterocycles. The molecule has 1 fully saturated rings. The fourth-order valence-electron chi connectivity index (χ4n) is 3.94. The van der Waals surface area contributed by atoms with Crippen molar-refractivity contribution >= 4 is 29.9 Å². The van der Waals surface area contributed by atoms with Crippen LogP contribution >= 0.6 is 24.0 Å². The molecule has 3 rings (SSSR count). The van der Waals surface area contributed by atoms with Crippen molar-refractivity contribution in [3.05, 3.63) is 53.6 Å². The maximum absolute atomic E-state index is 6.10. The standard InChI is InChI=1S/C24H33N3O4.HI/c1-25-24(26-15-17-13-20(28-2)23(30-4)21(14-17)29-3)27-16-19-11-8-12-31-22(19)18-9-6-5-7-10-18;/h5-7,9-10,13-14,19,22H,8,11-12,15-16H2,1-4H3,(H2,25,26,27);1H. The van der Waals surface area contributed by atoms with Crippen LogP contribution in [0.2, 0.25) is 0 Å². The second-order valence-electron chi connectivity index (χ2n) is 7.44. The van der Waals surface area contributed by atoms with Gasteiger partial charge >= 0.3 is 0 Å². The lowest BCUT2D eigenvalue weighted by molar-refractivity contribution is -0.0265. The first-order valence-corrected chi connectivity index (χ1v) is 10.6. The molecule has 0 aromatic heterocycles. The van der Waals surface area contributed by atoms with E-state index >= 15 is 0 Å². The summed E-state index contributed by atoms with van der Waals surface area (Å²) in [6.45, 7) is 2.17. The molecule has 0 spiro atoms. The third kappa shape index (κ3) is 6.65. The first-order valence-electron chi connectivity index (χ1n) is 10.6. The lowest BCUT2D eigenvalue weighted by Crippen LogP contribution is -2.41. The van der Waals surface area contributed by atoms with Gasteiger partial charge in [0.15, 0.2) is 17.5 Å². The number of benzene rings is 2. The Hall–Kier alpha value is -2.20. The number of halogens is 1. The molecular weight excluding hydrogens is 521 g/mol. The van der Waals surface area contributed by atoms with Crippen molar-refractivity contribution in [1.82, 2.24) is 10.6 Å². The van der Waals surface area contributed by atoms with Gasteiger partial charge in [0.25, 0.3) is 0 Å². The molecule has 8 heteroatoms. The highest BCUT2D eigenvalue weighted by molar-refractivity contribution is 14.0. The molecule has 0 bridgehead atoms. The maximum atomic E-state index is 6.10. The second-order valence-corrected chi connectivity index (χ2v) is 7.44. The van der Waals surface area contributed by atoms with Gasteiger partial charge in [-0.15, -0.1) is 24.0 Å². The van der Waals surface area contributed by atoms with E-state index in [1.54, 1.807) is 28.4 Å². The van der Waals surface area contributed by atoms with Crippen LogP contribution in [-0.2, 0) is 11.3 Å². The summed E-state index contributed by atoms with van der Waals surface area (Å²) in [5.74, 6) is 2.97. The average Bonchev–Trinajstić information content (AvgIpc) is 2.84. The topological polar surface area (TPSA) is 73.3 Å². The summed E-state index contributed by atoms with van der Waals surface area (Å²) in [5.41, 5.74) is 2.23. The summed E-state index contributed by atoms with van der Waals surface area (Å²) in [4.78, 5) is 4.37. The monoisotopic (exact) mass is 555 g/mol. The molecule has 1 aliphatic rings. The SMILES string of the molecule is CN=C(NCc1cc(OC)c(OC)c(OC)c1)NCC1CCCOC1c1ccccc1.I. The number of methoxy groups -OCH3 is 3. The Morgan fingerprint density at radius 2 is 1.72 bits per heavy atom. The molecule has 1 saturated heterocycles. The molecule has 2 atom stereocenters. The van der Waals surface area contributed by atoms with Crippen LogP contribution in [-0.4, -0.2) is 47.5 Å². The van der Waals surface area contributed by atoms with E-state index in [1.807, 2.05) is 18.2 Å². The summed E-state index contributed by atoms with van der Waals surface area (Å²) in [6, 6.07) is 14.3.